The number of ether oxygens (including phenoxy) is 1. The third-order valence-corrected chi connectivity index (χ3v) is 5.93. The zero-order valence-electron chi connectivity index (χ0n) is 20.5. The smallest absolute Gasteiger partial charge is 0.119 e. The molecule has 1 fully saturated rings. The van der Waals surface area contributed by atoms with Gasteiger partial charge in [-0.25, -0.2) is 4.98 Å². The Labute approximate surface area is 199 Å². The molecular formula is C29H37N3O. The molecule has 2 aromatic rings. The van der Waals surface area contributed by atoms with Crippen molar-refractivity contribution in [3.05, 3.63) is 84.4 Å². The number of rotatable bonds is 9. The summed E-state index contributed by atoms with van der Waals surface area (Å²) in [5.41, 5.74) is 4.47. The molecule has 4 heteroatoms. The maximum atomic E-state index is 5.48. The Kier molecular flexibility index (Phi) is 9.08. The fraction of sp³-hybridized carbons (Fsp3) is 0.345. The van der Waals surface area contributed by atoms with Crippen LogP contribution in [0.5, 0.6) is 5.75 Å². The van der Waals surface area contributed by atoms with Gasteiger partial charge >= 0.3 is 0 Å². The van der Waals surface area contributed by atoms with E-state index in [9.17, 15) is 0 Å². The van der Waals surface area contributed by atoms with Gasteiger partial charge in [0.2, 0.25) is 0 Å². The molecule has 0 N–H and O–H groups in total. The van der Waals surface area contributed by atoms with Crippen LogP contribution in [0.15, 0.2) is 72.9 Å². The molecule has 4 nitrogen and oxygen atoms in total. The molecule has 0 amide bonds. The topological polar surface area (TPSA) is 30.3 Å². The molecule has 1 aromatic heterocycles. The first-order chi connectivity index (χ1) is 16.1. The van der Waals surface area contributed by atoms with Gasteiger partial charge in [0, 0.05) is 30.8 Å². The lowest BCUT2D eigenvalue weighted by atomic mass is 9.96. The quantitative estimate of drug-likeness (QED) is 0.393. The van der Waals surface area contributed by atoms with Crippen molar-refractivity contribution in [2.24, 2.45) is 0 Å². The van der Waals surface area contributed by atoms with Crippen LogP contribution in [0.3, 0.4) is 0 Å². The molecule has 1 saturated heterocycles. The lowest BCUT2D eigenvalue weighted by molar-refractivity contribution is 0.220. The van der Waals surface area contributed by atoms with Crippen molar-refractivity contribution < 1.29 is 4.74 Å². The van der Waals surface area contributed by atoms with Gasteiger partial charge in [0.25, 0.3) is 0 Å². The Morgan fingerprint density at radius 3 is 2.76 bits per heavy atom. The van der Waals surface area contributed by atoms with Crippen LogP contribution in [-0.4, -0.2) is 41.2 Å². The minimum absolute atomic E-state index is 0.369. The number of aromatic nitrogens is 2. The number of nitrogens with zero attached hydrogens (tertiary/aromatic N) is 3. The largest absolute Gasteiger partial charge is 0.497 e. The van der Waals surface area contributed by atoms with Crippen molar-refractivity contribution >= 4 is 12.3 Å². The number of imidazole rings is 1. The summed E-state index contributed by atoms with van der Waals surface area (Å²) in [4.78, 5) is 7.78. The van der Waals surface area contributed by atoms with Crippen LogP contribution < -0.4 is 4.74 Å². The van der Waals surface area contributed by atoms with Gasteiger partial charge in [0.05, 0.1) is 18.5 Å². The normalized spacial score (nSPS) is 18.1. The summed E-state index contributed by atoms with van der Waals surface area (Å²) < 4.78 is 7.75. The Morgan fingerprint density at radius 2 is 2.06 bits per heavy atom. The first-order valence-corrected chi connectivity index (χ1v) is 11.8. The summed E-state index contributed by atoms with van der Waals surface area (Å²) >= 11 is 0. The van der Waals surface area contributed by atoms with Crippen LogP contribution in [0.25, 0.3) is 23.5 Å². The number of hydrogen-bond acceptors (Lipinski definition) is 3. The van der Waals surface area contributed by atoms with Crippen LogP contribution in [0.1, 0.15) is 51.0 Å². The SMILES string of the molecule is C=C/C=C(\C=C/C)CN1CCCC(c2nc(-c3cccc(OC)c3)c(/C=C\C)n2/C=C\C)C1. The predicted molar refractivity (Wildman–Crippen MR) is 141 cm³/mol. The Morgan fingerprint density at radius 1 is 1.21 bits per heavy atom. The average molecular weight is 444 g/mol. The minimum atomic E-state index is 0.369. The second-order valence-electron chi connectivity index (χ2n) is 8.34. The van der Waals surface area contributed by atoms with Gasteiger partial charge in [-0.2, -0.15) is 0 Å². The second kappa shape index (κ2) is 12.2. The Bertz CT molecular complexity index is 1050. The van der Waals surface area contributed by atoms with Crippen LogP contribution in [0.2, 0.25) is 0 Å². The zero-order chi connectivity index (χ0) is 23.6. The first kappa shape index (κ1) is 24.5. The van der Waals surface area contributed by atoms with Crippen molar-refractivity contribution in [1.82, 2.24) is 14.5 Å². The highest BCUT2D eigenvalue weighted by Gasteiger charge is 2.27. The van der Waals surface area contributed by atoms with E-state index in [0.29, 0.717) is 5.92 Å². The predicted octanol–water partition coefficient (Wildman–Crippen LogP) is 6.95. The molecule has 1 unspecified atom stereocenters. The Hall–Kier alpha value is -3.11. The highest BCUT2D eigenvalue weighted by Crippen LogP contribution is 2.34. The highest BCUT2D eigenvalue weighted by molar-refractivity contribution is 5.73. The summed E-state index contributed by atoms with van der Waals surface area (Å²) in [6.07, 6.45) is 19.0. The summed E-state index contributed by atoms with van der Waals surface area (Å²) in [6, 6.07) is 8.17. The number of methoxy groups -OCH3 is 1. The van der Waals surface area contributed by atoms with E-state index in [2.05, 4.69) is 91.6 Å². The fourth-order valence-electron chi connectivity index (χ4n) is 4.55. The van der Waals surface area contributed by atoms with Crippen LogP contribution in [0.4, 0.5) is 0 Å². The molecule has 0 bridgehead atoms. The standard InChI is InChI=1S/C29H37N3O/c1-6-12-23(13-7-2)21-31-19-11-16-25(22-31)29-30-28(24-15-10-17-26(20-24)33-5)27(14-8-3)32(29)18-9-4/h6-10,12-15,17-18,20,25H,1,11,16,19,21-22H2,2-5H3/b13-7-,14-8-,18-9-,23-12+. The third kappa shape index (κ3) is 6.02. The van der Waals surface area contributed by atoms with Gasteiger partial charge in [-0.1, -0.05) is 55.2 Å². The molecule has 1 aliphatic heterocycles. The van der Waals surface area contributed by atoms with E-state index in [1.54, 1.807) is 7.11 Å². The number of piperidine rings is 1. The van der Waals surface area contributed by atoms with Crippen molar-refractivity contribution in [3.63, 3.8) is 0 Å². The number of benzene rings is 1. The van der Waals surface area contributed by atoms with Crippen molar-refractivity contribution in [1.29, 1.82) is 0 Å². The summed E-state index contributed by atoms with van der Waals surface area (Å²) in [6.45, 7) is 13.1. The van der Waals surface area contributed by atoms with E-state index < -0.39 is 0 Å². The third-order valence-electron chi connectivity index (χ3n) is 5.93. The van der Waals surface area contributed by atoms with Gasteiger partial charge < -0.3 is 9.30 Å². The summed E-state index contributed by atoms with van der Waals surface area (Å²) in [5.74, 6) is 2.34. The number of hydrogen-bond donors (Lipinski definition) is 0. The summed E-state index contributed by atoms with van der Waals surface area (Å²) in [5, 5.41) is 0. The van der Waals surface area contributed by atoms with E-state index >= 15 is 0 Å². The first-order valence-electron chi connectivity index (χ1n) is 11.8. The molecule has 2 heterocycles. The fourth-order valence-corrected chi connectivity index (χ4v) is 4.55. The van der Waals surface area contributed by atoms with Crippen LogP contribution >= 0.6 is 0 Å². The molecule has 1 aromatic carbocycles. The summed E-state index contributed by atoms with van der Waals surface area (Å²) in [7, 11) is 1.70. The maximum Gasteiger partial charge on any atom is 0.119 e. The van der Waals surface area contributed by atoms with Crippen molar-refractivity contribution in [2.45, 2.75) is 39.5 Å². The molecule has 1 atom stereocenters. The lowest BCUT2D eigenvalue weighted by Gasteiger charge is -2.32. The average Bonchev–Trinajstić information content (AvgIpc) is 3.18. The molecule has 3 rings (SSSR count). The maximum absolute atomic E-state index is 5.48. The molecule has 0 aliphatic carbocycles. The lowest BCUT2D eigenvalue weighted by Crippen LogP contribution is -2.36. The van der Waals surface area contributed by atoms with E-state index in [1.807, 2.05) is 18.2 Å². The molecule has 1 aliphatic rings. The van der Waals surface area contributed by atoms with Crippen LogP contribution in [-0.2, 0) is 0 Å². The second-order valence-corrected chi connectivity index (χ2v) is 8.34. The van der Waals surface area contributed by atoms with E-state index in [4.69, 9.17) is 9.72 Å². The molecule has 0 spiro atoms. The molecule has 33 heavy (non-hydrogen) atoms. The van der Waals surface area contributed by atoms with Crippen LogP contribution in [0, 0.1) is 0 Å². The van der Waals surface area contributed by atoms with E-state index in [-0.39, 0.29) is 0 Å². The number of allylic oxidation sites excluding steroid dienone is 5. The monoisotopic (exact) mass is 443 g/mol. The highest BCUT2D eigenvalue weighted by atomic mass is 16.5. The molecule has 0 saturated carbocycles. The van der Waals surface area contributed by atoms with Gasteiger partial charge in [-0.05, 0) is 63.9 Å². The van der Waals surface area contributed by atoms with E-state index in [1.165, 1.54) is 5.57 Å². The molecule has 0 radical (unpaired) electrons. The minimum Gasteiger partial charge on any atom is -0.497 e. The molecular weight excluding hydrogens is 406 g/mol. The molecule has 174 valence electrons. The van der Waals surface area contributed by atoms with Crippen molar-refractivity contribution in [2.75, 3.05) is 26.7 Å². The van der Waals surface area contributed by atoms with Gasteiger partial charge in [0.1, 0.15) is 11.6 Å². The van der Waals surface area contributed by atoms with E-state index in [0.717, 1.165) is 61.0 Å². The van der Waals surface area contributed by atoms with Gasteiger partial charge in [0.15, 0.2) is 0 Å². The Balaban J connectivity index is 2.01. The van der Waals surface area contributed by atoms with Crippen molar-refractivity contribution in [3.8, 4) is 17.0 Å². The number of likely N-dealkylation sites (tertiary alicyclic amines) is 1. The zero-order valence-corrected chi connectivity index (χ0v) is 20.5. The van der Waals surface area contributed by atoms with Gasteiger partial charge in [-0.15, -0.1) is 0 Å². The van der Waals surface area contributed by atoms with Gasteiger partial charge in [-0.3, -0.25) is 4.90 Å².